The Bertz CT molecular complexity index is 380. The van der Waals surface area contributed by atoms with Crippen LogP contribution in [-0.2, 0) is 13.1 Å². The summed E-state index contributed by atoms with van der Waals surface area (Å²) in [7, 11) is 0. The molecule has 0 amide bonds. The molecule has 0 spiro atoms. The van der Waals surface area contributed by atoms with Crippen molar-refractivity contribution in [2.45, 2.75) is 13.1 Å². The van der Waals surface area contributed by atoms with Crippen LogP contribution in [0.15, 0.2) is 12.6 Å². The van der Waals surface area contributed by atoms with Gasteiger partial charge in [0.2, 0.25) is 6.79 Å². The minimum atomic E-state index is 0.326. The van der Waals surface area contributed by atoms with E-state index in [1.54, 1.807) is 0 Å². The fourth-order valence-electron chi connectivity index (χ4n) is 2.07. The molecule has 0 saturated carbocycles. The highest BCUT2D eigenvalue weighted by Crippen LogP contribution is 2.41. The van der Waals surface area contributed by atoms with Crippen molar-refractivity contribution in [3.05, 3.63) is 29.3 Å². The highest BCUT2D eigenvalue weighted by atomic mass is 16.7. The van der Waals surface area contributed by atoms with Crippen LogP contribution in [0.5, 0.6) is 11.5 Å². The summed E-state index contributed by atoms with van der Waals surface area (Å²) < 4.78 is 10.8. The van der Waals surface area contributed by atoms with Crippen molar-refractivity contribution >= 4 is 6.08 Å². The Kier molecular flexibility index (Phi) is 1.55. The molecule has 3 rings (SSSR count). The second kappa shape index (κ2) is 2.75. The molecule has 0 bridgehead atoms. The molecule has 72 valence electrons. The first kappa shape index (κ1) is 7.88. The van der Waals surface area contributed by atoms with Crippen LogP contribution < -0.4 is 14.8 Å². The summed E-state index contributed by atoms with van der Waals surface area (Å²) in [6.45, 7) is 5.95. The van der Waals surface area contributed by atoms with E-state index >= 15 is 0 Å². The molecule has 0 aliphatic carbocycles. The van der Waals surface area contributed by atoms with Gasteiger partial charge in [-0.2, -0.15) is 0 Å². The zero-order valence-electron chi connectivity index (χ0n) is 7.80. The lowest BCUT2D eigenvalue weighted by molar-refractivity contribution is 0.173. The maximum absolute atomic E-state index is 5.42. The molecule has 0 unspecified atom stereocenters. The smallest absolute Gasteiger partial charge is 0.231 e. The predicted molar refractivity (Wildman–Crippen MR) is 53.2 cm³/mol. The van der Waals surface area contributed by atoms with Gasteiger partial charge in [-0.05, 0) is 17.2 Å². The molecule has 14 heavy (non-hydrogen) atoms. The summed E-state index contributed by atoms with van der Waals surface area (Å²) in [5.41, 5.74) is 3.67. The van der Waals surface area contributed by atoms with E-state index in [2.05, 4.69) is 18.0 Å². The number of ether oxygens (including phenoxy) is 2. The largest absolute Gasteiger partial charge is 0.454 e. The number of hydrogen-bond donors (Lipinski definition) is 1. The van der Waals surface area contributed by atoms with E-state index in [0.29, 0.717) is 6.79 Å². The third kappa shape index (κ3) is 0.902. The molecular weight excluding hydrogens is 178 g/mol. The van der Waals surface area contributed by atoms with Crippen molar-refractivity contribution in [3.8, 4) is 11.5 Å². The topological polar surface area (TPSA) is 30.5 Å². The Morgan fingerprint density at radius 3 is 3.14 bits per heavy atom. The summed E-state index contributed by atoms with van der Waals surface area (Å²) in [5.74, 6) is 1.70. The van der Waals surface area contributed by atoms with Crippen LogP contribution in [0.2, 0.25) is 0 Å². The quantitative estimate of drug-likeness (QED) is 0.728. The van der Waals surface area contributed by atoms with Gasteiger partial charge in [0.1, 0.15) is 0 Å². The fourth-order valence-corrected chi connectivity index (χ4v) is 2.07. The van der Waals surface area contributed by atoms with Crippen LogP contribution >= 0.6 is 0 Å². The Balaban J connectivity index is 2.29. The van der Waals surface area contributed by atoms with Gasteiger partial charge in [-0.1, -0.05) is 12.7 Å². The van der Waals surface area contributed by atoms with Gasteiger partial charge in [0.25, 0.3) is 0 Å². The zero-order valence-corrected chi connectivity index (χ0v) is 7.80. The molecule has 1 aromatic carbocycles. The maximum Gasteiger partial charge on any atom is 0.231 e. The molecule has 0 aromatic heterocycles. The van der Waals surface area contributed by atoms with Crippen LogP contribution in [0.4, 0.5) is 0 Å². The molecule has 3 heteroatoms. The fraction of sp³-hybridized carbons (Fsp3) is 0.273. The summed E-state index contributed by atoms with van der Waals surface area (Å²) in [4.78, 5) is 0. The molecule has 3 nitrogen and oxygen atoms in total. The van der Waals surface area contributed by atoms with Gasteiger partial charge in [-0.3, -0.25) is 0 Å². The zero-order chi connectivity index (χ0) is 9.54. The summed E-state index contributed by atoms with van der Waals surface area (Å²) in [5, 5.41) is 3.31. The SMILES string of the molecule is C=Cc1c2c(cc3c1OCO3)CNC2. The van der Waals surface area contributed by atoms with Gasteiger partial charge in [0.15, 0.2) is 11.5 Å². The van der Waals surface area contributed by atoms with Crippen molar-refractivity contribution < 1.29 is 9.47 Å². The van der Waals surface area contributed by atoms with Gasteiger partial charge in [-0.15, -0.1) is 0 Å². The van der Waals surface area contributed by atoms with Crippen molar-refractivity contribution in [2.75, 3.05) is 6.79 Å². The highest BCUT2D eigenvalue weighted by Gasteiger charge is 2.24. The first-order chi connectivity index (χ1) is 6.90. The Morgan fingerprint density at radius 1 is 1.36 bits per heavy atom. The summed E-state index contributed by atoms with van der Waals surface area (Å²) in [6.07, 6.45) is 1.85. The van der Waals surface area contributed by atoms with Crippen molar-refractivity contribution in [3.63, 3.8) is 0 Å². The Morgan fingerprint density at radius 2 is 2.29 bits per heavy atom. The van der Waals surface area contributed by atoms with Crippen LogP contribution in [0, 0.1) is 0 Å². The van der Waals surface area contributed by atoms with Crippen LogP contribution in [-0.4, -0.2) is 6.79 Å². The average Bonchev–Trinajstić information content (AvgIpc) is 2.80. The van der Waals surface area contributed by atoms with E-state index in [1.807, 2.05) is 6.08 Å². The van der Waals surface area contributed by atoms with E-state index in [-0.39, 0.29) is 0 Å². The number of benzene rings is 1. The van der Waals surface area contributed by atoms with Crippen LogP contribution in [0.3, 0.4) is 0 Å². The molecular formula is C11H11NO2. The minimum absolute atomic E-state index is 0.326. The number of fused-ring (bicyclic) bond motifs is 2. The summed E-state index contributed by atoms with van der Waals surface area (Å²) >= 11 is 0. The van der Waals surface area contributed by atoms with Crippen molar-refractivity contribution in [1.29, 1.82) is 0 Å². The van der Waals surface area contributed by atoms with Crippen molar-refractivity contribution in [1.82, 2.24) is 5.32 Å². The molecule has 0 atom stereocenters. The van der Waals surface area contributed by atoms with E-state index in [9.17, 15) is 0 Å². The Labute approximate surface area is 82.3 Å². The van der Waals surface area contributed by atoms with E-state index in [0.717, 1.165) is 30.2 Å². The second-order valence-electron chi connectivity index (χ2n) is 3.47. The number of nitrogens with one attached hydrogen (secondary N) is 1. The number of hydrogen-bond acceptors (Lipinski definition) is 3. The third-order valence-corrected chi connectivity index (χ3v) is 2.73. The van der Waals surface area contributed by atoms with E-state index in [1.165, 1.54) is 11.1 Å². The van der Waals surface area contributed by atoms with Gasteiger partial charge in [0.05, 0.1) is 0 Å². The maximum atomic E-state index is 5.42. The molecule has 2 heterocycles. The molecule has 0 radical (unpaired) electrons. The lowest BCUT2D eigenvalue weighted by Crippen LogP contribution is -2.01. The van der Waals surface area contributed by atoms with Gasteiger partial charge < -0.3 is 14.8 Å². The molecule has 2 aliphatic rings. The average molecular weight is 189 g/mol. The van der Waals surface area contributed by atoms with Crippen LogP contribution in [0.25, 0.3) is 6.08 Å². The summed E-state index contributed by atoms with van der Waals surface area (Å²) in [6, 6.07) is 2.06. The lowest BCUT2D eigenvalue weighted by Gasteiger charge is -2.07. The first-order valence-corrected chi connectivity index (χ1v) is 4.67. The molecule has 0 fully saturated rings. The van der Waals surface area contributed by atoms with Crippen molar-refractivity contribution in [2.24, 2.45) is 0 Å². The molecule has 0 saturated heterocycles. The standard InChI is InChI=1S/C11H11NO2/c1-2-8-9-5-12-4-7(9)3-10-11(8)14-6-13-10/h2-3,12H,1,4-6H2. The minimum Gasteiger partial charge on any atom is -0.454 e. The third-order valence-electron chi connectivity index (χ3n) is 2.73. The first-order valence-electron chi connectivity index (χ1n) is 4.67. The van der Waals surface area contributed by atoms with E-state index in [4.69, 9.17) is 9.47 Å². The monoisotopic (exact) mass is 189 g/mol. The van der Waals surface area contributed by atoms with Gasteiger partial charge in [0, 0.05) is 18.7 Å². The molecule has 1 aromatic rings. The van der Waals surface area contributed by atoms with Gasteiger partial charge in [-0.25, -0.2) is 0 Å². The lowest BCUT2D eigenvalue weighted by atomic mass is 10.0. The number of rotatable bonds is 1. The predicted octanol–water partition coefficient (Wildman–Crippen LogP) is 1.66. The van der Waals surface area contributed by atoms with Crippen LogP contribution in [0.1, 0.15) is 16.7 Å². The molecule has 2 aliphatic heterocycles. The highest BCUT2D eigenvalue weighted by molar-refractivity contribution is 5.68. The van der Waals surface area contributed by atoms with E-state index < -0.39 is 0 Å². The second-order valence-corrected chi connectivity index (χ2v) is 3.47. The normalized spacial score (nSPS) is 16.9. The Hall–Kier alpha value is -1.48. The van der Waals surface area contributed by atoms with Gasteiger partial charge >= 0.3 is 0 Å². The molecule has 1 N–H and O–H groups in total.